The Morgan fingerprint density at radius 3 is 2.47 bits per heavy atom. The number of nitrogens with zero attached hydrogens (tertiary/aromatic N) is 1. The van der Waals surface area contributed by atoms with E-state index in [2.05, 4.69) is 25.3 Å². The average molecular weight is 230 g/mol. The highest BCUT2D eigenvalue weighted by atomic mass is 35.5. The highest BCUT2D eigenvalue weighted by Crippen LogP contribution is 2.23. The molecule has 0 aliphatic rings. The summed E-state index contributed by atoms with van der Waals surface area (Å²) in [6, 6.07) is 2.03. The molecular weight excluding hydrogens is 210 g/mol. The molecule has 0 spiro atoms. The number of hydrogen-bond donors (Lipinski definition) is 1. The number of aliphatic hydroxyl groups excluding tert-OH is 1. The van der Waals surface area contributed by atoms with E-state index in [1.54, 1.807) is 0 Å². The Balaban J connectivity index is 3.03. The summed E-state index contributed by atoms with van der Waals surface area (Å²) in [5.74, 6) is 0.863. The van der Waals surface area contributed by atoms with Crippen LogP contribution in [0.2, 0.25) is 0 Å². The Bertz CT molecular complexity index is 331. The fourth-order valence-electron chi connectivity index (χ4n) is 1.89. The summed E-state index contributed by atoms with van der Waals surface area (Å²) in [5.41, 5.74) is 3.29. The van der Waals surface area contributed by atoms with E-state index in [0.717, 1.165) is 17.8 Å². The molecule has 3 heteroatoms. The van der Waals surface area contributed by atoms with Crippen molar-refractivity contribution in [1.29, 1.82) is 0 Å². The molecule has 1 atom stereocenters. The normalized spacial score (nSPS) is 13.5. The second-order valence-corrected chi connectivity index (χ2v) is 4.81. The first-order valence-corrected chi connectivity index (χ1v) is 5.91. The van der Waals surface area contributed by atoms with Gasteiger partial charge in [0.2, 0.25) is 0 Å². The van der Waals surface area contributed by atoms with Crippen molar-refractivity contribution in [3.8, 4) is 0 Å². The monoisotopic (exact) mass is 229 g/mol. The molecule has 1 heterocycles. The molecular formula is C12H20ClNO. The Hall–Kier alpha value is -0.470. The van der Waals surface area contributed by atoms with Crippen LogP contribution in [0, 0.1) is 19.8 Å². The van der Waals surface area contributed by atoms with Crippen LogP contribution in [0.4, 0.5) is 0 Å². The van der Waals surface area contributed by atoms with Gasteiger partial charge < -0.3 is 9.67 Å². The summed E-state index contributed by atoms with van der Waals surface area (Å²) in [6.07, 6.45) is -0.543. The summed E-state index contributed by atoms with van der Waals surface area (Å²) >= 11 is 5.67. The lowest BCUT2D eigenvalue weighted by Gasteiger charge is -2.13. The van der Waals surface area contributed by atoms with Crippen LogP contribution in [0.3, 0.4) is 0 Å². The van der Waals surface area contributed by atoms with Crippen molar-refractivity contribution in [2.24, 2.45) is 5.92 Å². The molecule has 1 unspecified atom stereocenters. The van der Waals surface area contributed by atoms with Gasteiger partial charge in [0.15, 0.2) is 0 Å². The molecule has 1 rings (SSSR count). The summed E-state index contributed by atoms with van der Waals surface area (Å²) in [6.45, 7) is 9.49. The average Bonchev–Trinajstić information content (AvgIpc) is 2.44. The number of rotatable bonds is 4. The van der Waals surface area contributed by atoms with E-state index in [4.69, 9.17) is 11.6 Å². The molecule has 0 aliphatic heterocycles. The highest BCUT2D eigenvalue weighted by Gasteiger charge is 2.15. The Morgan fingerprint density at radius 1 is 1.40 bits per heavy atom. The third kappa shape index (κ3) is 2.76. The first-order chi connectivity index (χ1) is 6.97. The maximum atomic E-state index is 9.74. The molecule has 0 saturated heterocycles. The van der Waals surface area contributed by atoms with E-state index in [9.17, 15) is 5.11 Å². The summed E-state index contributed by atoms with van der Waals surface area (Å²) in [4.78, 5) is 0. The quantitative estimate of drug-likeness (QED) is 0.789. The molecule has 0 saturated carbocycles. The van der Waals surface area contributed by atoms with Crippen LogP contribution in [-0.4, -0.2) is 15.6 Å². The van der Waals surface area contributed by atoms with Gasteiger partial charge in [-0.3, -0.25) is 0 Å². The van der Waals surface area contributed by atoms with E-state index < -0.39 is 6.10 Å². The number of aryl methyl sites for hydroxylation is 1. The summed E-state index contributed by atoms with van der Waals surface area (Å²) in [5, 5.41) is 9.74. The highest BCUT2D eigenvalue weighted by molar-refractivity contribution is 6.18. The molecule has 0 amide bonds. The van der Waals surface area contributed by atoms with Crippen molar-refractivity contribution in [1.82, 2.24) is 4.57 Å². The zero-order chi connectivity index (χ0) is 11.6. The van der Waals surface area contributed by atoms with Gasteiger partial charge in [-0.05, 0) is 25.8 Å². The van der Waals surface area contributed by atoms with E-state index in [1.165, 1.54) is 5.69 Å². The predicted octanol–water partition coefficient (Wildman–Crippen LogP) is 3.03. The lowest BCUT2D eigenvalue weighted by Crippen LogP contribution is -2.09. The molecule has 2 nitrogen and oxygen atoms in total. The van der Waals surface area contributed by atoms with Gasteiger partial charge in [0.1, 0.15) is 0 Å². The number of hydrogen-bond acceptors (Lipinski definition) is 1. The maximum Gasteiger partial charge on any atom is 0.0942 e. The van der Waals surface area contributed by atoms with Crippen molar-refractivity contribution >= 4 is 11.6 Å². The molecule has 15 heavy (non-hydrogen) atoms. The van der Waals surface area contributed by atoms with Crippen LogP contribution in [0.5, 0.6) is 0 Å². The fourth-order valence-corrected chi connectivity index (χ4v) is 2.06. The zero-order valence-electron chi connectivity index (χ0n) is 9.92. The second-order valence-electron chi connectivity index (χ2n) is 4.50. The van der Waals surface area contributed by atoms with Gasteiger partial charge in [-0.1, -0.05) is 13.8 Å². The van der Waals surface area contributed by atoms with Crippen LogP contribution >= 0.6 is 11.6 Å². The van der Waals surface area contributed by atoms with Crippen LogP contribution < -0.4 is 0 Å². The van der Waals surface area contributed by atoms with E-state index in [-0.39, 0.29) is 5.88 Å². The Kier molecular flexibility index (Phi) is 4.23. The first kappa shape index (κ1) is 12.6. The van der Waals surface area contributed by atoms with Gasteiger partial charge in [0.05, 0.1) is 12.0 Å². The Morgan fingerprint density at radius 2 is 2.00 bits per heavy atom. The topological polar surface area (TPSA) is 25.2 Å². The standard InChI is InChI=1S/C12H20ClNO/c1-8(2)7-14-9(3)5-11(10(14)4)12(15)6-13/h5,8,12,15H,6-7H2,1-4H3. The fraction of sp³-hybridized carbons (Fsp3) is 0.667. The molecule has 0 fully saturated rings. The van der Waals surface area contributed by atoms with Crippen LogP contribution in [0.1, 0.15) is 36.9 Å². The molecule has 1 aromatic rings. The molecule has 0 aromatic carbocycles. The molecule has 1 aromatic heterocycles. The number of aliphatic hydroxyl groups is 1. The Labute approximate surface area is 96.9 Å². The third-order valence-electron chi connectivity index (χ3n) is 2.67. The molecule has 86 valence electrons. The van der Waals surface area contributed by atoms with E-state index in [0.29, 0.717) is 5.92 Å². The van der Waals surface area contributed by atoms with Crippen molar-refractivity contribution in [2.75, 3.05) is 5.88 Å². The third-order valence-corrected chi connectivity index (χ3v) is 2.96. The van der Waals surface area contributed by atoms with Crippen LogP contribution in [0.15, 0.2) is 6.07 Å². The first-order valence-electron chi connectivity index (χ1n) is 5.38. The van der Waals surface area contributed by atoms with Crippen molar-refractivity contribution in [2.45, 2.75) is 40.3 Å². The number of alkyl halides is 1. The SMILES string of the molecule is Cc1cc(C(O)CCl)c(C)n1CC(C)C. The molecule has 0 aliphatic carbocycles. The summed E-state index contributed by atoms with van der Waals surface area (Å²) in [7, 11) is 0. The van der Waals surface area contributed by atoms with Gasteiger partial charge in [0, 0.05) is 23.5 Å². The molecule has 0 radical (unpaired) electrons. The number of halogens is 1. The minimum absolute atomic E-state index is 0.256. The minimum atomic E-state index is -0.543. The minimum Gasteiger partial charge on any atom is -0.387 e. The van der Waals surface area contributed by atoms with Crippen LogP contribution in [-0.2, 0) is 6.54 Å². The van der Waals surface area contributed by atoms with E-state index >= 15 is 0 Å². The largest absolute Gasteiger partial charge is 0.387 e. The molecule has 0 bridgehead atoms. The van der Waals surface area contributed by atoms with Crippen molar-refractivity contribution < 1.29 is 5.11 Å². The second kappa shape index (κ2) is 5.04. The van der Waals surface area contributed by atoms with Gasteiger partial charge in [-0.2, -0.15) is 0 Å². The zero-order valence-corrected chi connectivity index (χ0v) is 10.7. The van der Waals surface area contributed by atoms with Gasteiger partial charge >= 0.3 is 0 Å². The maximum absolute atomic E-state index is 9.74. The van der Waals surface area contributed by atoms with Crippen LogP contribution in [0.25, 0.3) is 0 Å². The predicted molar refractivity (Wildman–Crippen MR) is 64.4 cm³/mol. The lowest BCUT2D eigenvalue weighted by atomic mass is 10.1. The van der Waals surface area contributed by atoms with Gasteiger partial charge in [-0.25, -0.2) is 0 Å². The lowest BCUT2D eigenvalue weighted by molar-refractivity contribution is 0.201. The van der Waals surface area contributed by atoms with Crippen molar-refractivity contribution in [3.05, 3.63) is 23.0 Å². The van der Waals surface area contributed by atoms with Gasteiger partial charge in [-0.15, -0.1) is 11.6 Å². The van der Waals surface area contributed by atoms with Crippen molar-refractivity contribution in [3.63, 3.8) is 0 Å². The smallest absolute Gasteiger partial charge is 0.0942 e. The van der Waals surface area contributed by atoms with E-state index in [1.807, 2.05) is 13.0 Å². The van der Waals surface area contributed by atoms with Gasteiger partial charge in [0.25, 0.3) is 0 Å². The number of aromatic nitrogens is 1. The molecule has 1 N–H and O–H groups in total. The summed E-state index contributed by atoms with van der Waals surface area (Å²) < 4.78 is 2.25.